The van der Waals surface area contributed by atoms with Crippen LogP contribution in [-0.2, 0) is 0 Å². The number of nitrogens with zero attached hydrogens (tertiary/aromatic N) is 5. The highest BCUT2D eigenvalue weighted by Crippen LogP contribution is 2.44. The fourth-order valence-corrected chi connectivity index (χ4v) is 5.67. The third-order valence-electron chi connectivity index (χ3n) is 7.52. The normalized spacial score (nSPS) is 23.6. The number of hydrogen-bond acceptors (Lipinski definition) is 5. The molecule has 0 spiro atoms. The number of fused-ring (bicyclic) bond motifs is 1. The zero-order valence-electron chi connectivity index (χ0n) is 20.7. The van der Waals surface area contributed by atoms with E-state index in [1.165, 1.54) is 5.56 Å². The van der Waals surface area contributed by atoms with Gasteiger partial charge in [-0.3, -0.25) is 14.7 Å². The molecule has 3 aromatic rings. The number of aromatic nitrogens is 2. The van der Waals surface area contributed by atoms with Gasteiger partial charge in [0.1, 0.15) is 11.9 Å². The Morgan fingerprint density at radius 1 is 1.05 bits per heavy atom. The van der Waals surface area contributed by atoms with Crippen LogP contribution in [0.25, 0.3) is 5.57 Å². The fraction of sp³-hybridized carbons (Fsp3) is 0.276. The number of nitrogens with one attached hydrogen (secondary N) is 1. The predicted octanol–water partition coefficient (Wildman–Crippen LogP) is 4.65. The number of H-pyrrole nitrogens is 1. The summed E-state index contributed by atoms with van der Waals surface area (Å²) in [6.07, 6.45) is 9.80. The van der Waals surface area contributed by atoms with Crippen molar-refractivity contribution in [1.82, 2.24) is 24.7 Å². The second-order valence-corrected chi connectivity index (χ2v) is 10.4. The zero-order chi connectivity index (χ0) is 25.4. The summed E-state index contributed by atoms with van der Waals surface area (Å²) in [5, 5.41) is 0.720. The summed E-state index contributed by atoms with van der Waals surface area (Å²) >= 11 is 6.22. The first kappa shape index (κ1) is 23.7. The fourth-order valence-electron chi connectivity index (χ4n) is 5.55. The number of carbonyl (C=O) groups is 1. The minimum Gasteiger partial charge on any atom is -0.341 e. The Bertz CT molecular complexity index is 1360. The number of aliphatic imine (C=N–C) groups is 1. The van der Waals surface area contributed by atoms with Gasteiger partial charge < -0.3 is 14.8 Å². The maximum absolute atomic E-state index is 12.8. The summed E-state index contributed by atoms with van der Waals surface area (Å²) in [7, 11) is 0. The number of carbonyl (C=O) groups excluding carboxylic acids is 1. The van der Waals surface area contributed by atoms with Crippen LogP contribution < -0.4 is 0 Å². The highest BCUT2D eigenvalue weighted by molar-refractivity contribution is 6.30. The summed E-state index contributed by atoms with van der Waals surface area (Å²) in [6, 6.07) is 18.4. The van der Waals surface area contributed by atoms with Crippen LogP contribution >= 0.6 is 11.6 Å². The van der Waals surface area contributed by atoms with Crippen molar-refractivity contribution in [1.29, 1.82) is 0 Å². The molecular weight excluding hydrogens is 484 g/mol. The second-order valence-electron chi connectivity index (χ2n) is 9.96. The molecule has 2 aromatic carbocycles. The van der Waals surface area contributed by atoms with Crippen molar-refractivity contribution in [3.8, 4) is 0 Å². The Hall–Kier alpha value is -3.68. The number of benzene rings is 2. The number of amidine groups is 1. The standard InChI is InChI=1S/C29H29ClN6O/c1-29(20-34-15-17-35(18-16-34)28(37)27-31-13-14-32-27)26(22-7-10-24(30)11-8-22)33-25-12-9-23(19-36(25)29)21-5-3-2-4-6-21/h2-14,19,26H,15-18,20H2,1H3,(H,31,32). The number of hydrogen-bond donors (Lipinski definition) is 1. The molecule has 3 aliphatic heterocycles. The number of aromatic amines is 1. The van der Waals surface area contributed by atoms with Crippen molar-refractivity contribution in [2.45, 2.75) is 18.5 Å². The van der Waals surface area contributed by atoms with E-state index in [0.717, 1.165) is 41.6 Å². The van der Waals surface area contributed by atoms with Gasteiger partial charge >= 0.3 is 0 Å². The molecule has 3 aliphatic rings. The monoisotopic (exact) mass is 512 g/mol. The van der Waals surface area contributed by atoms with E-state index in [4.69, 9.17) is 16.6 Å². The average Bonchev–Trinajstić information content (AvgIpc) is 3.57. The topological polar surface area (TPSA) is 67.8 Å². The second kappa shape index (κ2) is 9.65. The van der Waals surface area contributed by atoms with Gasteiger partial charge in [0.25, 0.3) is 5.91 Å². The van der Waals surface area contributed by atoms with Crippen LogP contribution in [0, 0.1) is 0 Å². The molecule has 8 heteroatoms. The minimum absolute atomic E-state index is 0.0435. The van der Waals surface area contributed by atoms with E-state index >= 15 is 0 Å². The van der Waals surface area contributed by atoms with Crippen LogP contribution in [-0.4, -0.2) is 74.7 Å². The molecule has 0 aliphatic carbocycles. The highest BCUT2D eigenvalue weighted by atomic mass is 35.5. The van der Waals surface area contributed by atoms with Crippen LogP contribution in [0.15, 0.2) is 90.3 Å². The van der Waals surface area contributed by atoms with Crippen molar-refractivity contribution < 1.29 is 4.79 Å². The maximum Gasteiger partial charge on any atom is 0.289 e. The molecule has 1 fully saturated rings. The summed E-state index contributed by atoms with van der Waals surface area (Å²) in [4.78, 5) is 31.7. The maximum atomic E-state index is 12.8. The van der Waals surface area contributed by atoms with Crippen LogP contribution in [0.4, 0.5) is 0 Å². The number of rotatable bonds is 5. The lowest BCUT2D eigenvalue weighted by atomic mass is 9.85. The van der Waals surface area contributed by atoms with Crippen molar-refractivity contribution in [2.75, 3.05) is 32.7 Å². The summed E-state index contributed by atoms with van der Waals surface area (Å²) in [6.45, 7) is 6.02. The average molecular weight is 513 g/mol. The number of piperazine rings is 1. The predicted molar refractivity (Wildman–Crippen MR) is 146 cm³/mol. The van der Waals surface area contributed by atoms with Gasteiger partial charge in [-0.25, -0.2) is 4.98 Å². The van der Waals surface area contributed by atoms with Gasteiger partial charge in [-0.15, -0.1) is 0 Å². The van der Waals surface area contributed by atoms with E-state index in [0.29, 0.717) is 18.9 Å². The summed E-state index contributed by atoms with van der Waals surface area (Å²) in [5.41, 5.74) is 3.17. The van der Waals surface area contributed by atoms with Gasteiger partial charge in [-0.1, -0.05) is 54.1 Å². The molecule has 0 bridgehead atoms. The number of halogens is 1. The molecule has 188 valence electrons. The molecule has 0 radical (unpaired) electrons. The smallest absolute Gasteiger partial charge is 0.289 e. The molecule has 0 saturated carbocycles. The Labute approximate surface area is 221 Å². The first-order chi connectivity index (χ1) is 18.0. The summed E-state index contributed by atoms with van der Waals surface area (Å²) < 4.78 is 0. The van der Waals surface area contributed by atoms with Crippen LogP contribution in [0.1, 0.15) is 34.7 Å². The first-order valence-corrected chi connectivity index (χ1v) is 13.0. The Kier molecular flexibility index (Phi) is 6.18. The lowest BCUT2D eigenvalue weighted by molar-refractivity contribution is 0.0541. The Balaban J connectivity index is 1.27. The van der Waals surface area contributed by atoms with Crippen LogP contribution in [0.2, 0.25) is 5.02 Å². The van der Waals surface area contributed by atoms with Crippen molar-refractivity contribution in [2.24, 2.45) is 4.99 Å². The lowest BCUT2D eigenvalue weighted by Crippen LogP contribution is -2.57. The molecule has 1 aromatic heterocycles. The minimum atomic E-state index is -0.318. The number of imidazole rings is 1. The van der Waals surface area contributed by atoms with E-state index in [2.05, 4.69) is 81.4 Å². The molecule has 7 nitrogen and oxygen atoms in total. The number of allylic oxidation sites excluding steroid dienone is 2. The van der Waals surface area contributed by atoms with Gasteiger partial charge in [-0.05, 0) is 47.9 Å². The molecule has 1 saturated heterocycles. The highest BCUT2D eigenvalue weighted by Gasteiger charge is 2.48. The van der Waals surface area contributed by atoms with E-state index in [9.17, 15) is 4.79 Å². The third-order valence-corrected chi connectivity index (χ3v) is 7.78. The van der Waals surface area contributed by atoms with Crippen LogP contribution in [0.3, 0.4) is 0 Å². The van der Waals surface area contributed by atoms with Crippen molar-refractivity contribution in [3.63, 3.8) is 0 Å². The van der Waals surface area contributed by atoms with Gasteiger partial charge in [0.05, 0.1) is 5.54 Å². The quantitative estimate of drug-likeness (QED) is 0.540. The molecule has 2 unspecified atom stereocenters. The SMILES string of the molecule is CC1(CN2CCN(C(=O)c3ncc[nH]3)CC2)C(c2ccc(Cl)cc2)N=C2C=CC(c3ccccc3)=CN21. The van der Waals surface area contributed by atoms with Gasteiger partial charge in [0.2, 0.25) is 0 Å². The van der Waals surface area contributed by atoms with E-state index < -0.39 is 0 Å². The molecule has 4 heterocycles. The zero-order valence-corrected chi connectivity index (χ0v) is 21.5. The molecule has 1 N–H and O–H groups in total. The van der Waals surface area contributed by atoms with Gasteiger partial charge in [0.15, 0.2) is 5.82 Å². The van der Waals surface area contributed by atoms with Crippen LogP contribution in [0.5, 0.6) is 0 Å². The van der Waals surface area contributed by atoms with Crippen molar-refractivity contribution in [3.05, 3.63) is 107 Å². The molecular formula is C29H29ClN6O. The third kappa shape index (κ3) is 4.49. The Morgan fingerprint density at radius 3 is 2.51 bits per heavy atom. The van der Waals surface area contributed by atoms with Gasteiger partial charge in [-0.2, -0.15) is 0 Å². The lowest BCUT2D eigenvalue weighted by Gasteiger charge is -2.45. The summed E-state index contributed by atoms with van der Waals surface area (Å²) in [5.74, 6) is 1.32. The molecule has 6 rings (SSSR count). The van der Waals surface area contributed by atoms with E-state index in [1.807, 2.05) is 23.1 Å². The molecule has 37 heavy (non-hydrogen) atoms. The number of amides is 1. The molecule has 1 amide bonds. The largest absolute Gasteiger partial charge is 0.341 e. The van der Waals surface area contributed by atoms with Gasteiger partial charge in [0, 0.05) is 56.3 Å². The van der Waals surface area contributed by atoms with Crippen molar-refractivity contribution >= 4 is 28.9 Å². The van der Waals surface area contributed by atoms with E-state index in [-0.39, 0.29) is 17.5 Å². The molecule has 2 atom stereocenters. The first-order valence-electron chi connectivity index (χ1n) is 12.6. The van der Waals surface area contributed by atoms with E-state index in [1.54, 1.807) is 12.4 Å². The Morgan fingerprint density at radius 2 is 1.81 bits per heavy atom.